The van der Waals surface area contributed by atoms with Crippen molar-refractivity contribution in [2.75, 3.05) is 0 Å². The number of hydrogen-bond donors (Lipinski definition) is 1. The molecule has 7 nitrogen and oxygen atoms in total. The first-order valence-electron chi connectivity index (χ1n) is 9.51. The highest BCUT2D eigenvalue weighted by atomic mass is 35.5. The van der Waals surface area contributed by atoms with Gasteiger partial charge in [-0.15, -0.1) is 0 Å². The number of nitro benzene ring substituents is 1. The van der Waals surface area contributed by atoms with Gasteiger partial charge in [0.2, 0.25) is 5.89 Å². The Balaban J connectivity index is 1.45. The molecule has 0 aliphatic heterocycles. The van der Waals surface area contributed by atoms with Crippen molar-refractivity contribution in [2.45, 2.75) is 20.4 Å². The first-order chi connectivity index (χ1) is 14.8. The van der Waals surface area contributed by atoms with E-state index in [-0.39, 0.29) is 22.8 Å². The van der Waals surface area contributed by atoms with Crippen LogP contribution in [0.1, 0.15) is 27.0 Å². The Morgan fingerprint density at radius 1 is 1.10 bits per heavy atom. The molecule has 0 spiro atoms. The number of carbonyl (C=O) groups excluding carboxylic acids is 1. The number of fused-ring (bicyclic) bond motifs is 1. The number of aromatic nitrogens is 1. The number of non-ortho nitro benzene ring substituents is 1. The summed E-state index contributed by atoms with van der Waals surface area (Å²) in [5, 5.41) is 13.6. The van der Waals surface area contributed by atoms with Gasteiger partial charge in [0.15, 0.2) is 5.58 Å². The van der Waals surface area contributed by atoms with Crippen molar-refractivity contribution < 1.29 is 14.1 Å². The largest absolute Gasteiger partial charge is 0.436 e. The summed E-state index contributed by atoms with van der Waals surface area (Å²) in [5.41, 5.74) is 5.59. The van der Waals surface area contributed by atoms with Gasteiger partial charge < -0.3 is 9.73 Å². The minimum Gasteiger partial charge on any atom is -0.436 e. The molecule has 0 bridgehead atoms. The number of nitro groups is 1. The third kappa shape index (κ3) is 4.27. The van der Waals surface area contributed by atoms with Crippen molar-refractivity contribution in [1.29, 1.82) is 0 Å². The topological polar surface area (TPSA) is 98.3 Å². The van der Waals surface area contributed by atoms with Crippen LogP contribution in [-0.2, 0) is 6.54 Å². The number of aryl methyl sites for hydroxylation is 2. The van der Waals surface area contributed by atoms with E-state index in [2.05, 4.69) is 10.3 Å². The fraction of sp³-hybridized carbons (Fsp3) is 0.130. The zero-order chi connectivity index (χ0) is 22.1. The summed E-state index contributed by atoms with van der Waals surface area (Å²) in [4.78, 5) is 27.2. The molecule has 4 aromatic rings. The molecule has 0 unspecified atom stereocenters. The molecule has 31 heavy (non-hydrogen) atoms. The van der Waals surface area contributed by atoms with Gasteiger partial charge in [0, 0.05) is 24.2 Å². The van der Waals surface area contributed by atoms with E-state index in [9.17, 15) is 14.9 Å². The van der Waals surface area contributed by atoms with E-state index < -0.39 is 10.8 Å². The molecule has 0 aliphatic rings. The van der Waals surface area contributed by atoms with Crippen molar-refractivity contribution >= 4 is 34.3 Å². The van der Waals surface area contributed by atoms with Gasteiger partial charge in [0.25, 0.3) is 11.6 Å². The highest BCUT2D eigenvalue weighted by Crippen LogP contribution is 2.27. The first-order valence-corrected chi connectivity index (χ1v) is 9.89. The summed E-state index contributed by atoms with van der Waals surface area (Å²) in [6.45, 7) is 4.35. The minimum absolute atomic E-state index is 0.0310. The fourth-order valence-corrected chi connectivity index (χ4v) is 3.41. The van der Waals surface area contributed by atoms with E-state index in [1.54, 1.807) is 0 Å². The number of amides is 1. The molecule has 0 fully saturated rings. The highest BCUT2D eigenvalue weighted by molar-refractivity contribution is 6.34. The molecular weight excluding hydrogens is 418 g/mol. The van der Waals surface area contributed by atoms with Crippen molar-refractivity contribution in [3.05, 3.63) is 92.0 Å². The minimum atomic E-state index is -0.561. The molecule has 0 saturated heterocycles. The first kappa shape index (κ1) is 20.6. The summed E-state index contributed by atoms with van der Waals surface area (Å²) in [6.07, 6.45) is 0. The Morgan fingerprint density at radius 2 is 1.81 bits per heavy atom. The second-order valence-corrected chi connectivity index (χ2v) is 7.63. The van der Waals surface area contributed by atoms with Crippen LogP contribution in [0.2, 0.25) is 5.02 Å². The van der Waals surface area contributed by atoms with Gasteiger partial charge in [-0.3, -0.25) is 14.9 Å². The quantitative estimate of drug-likeness (QED) is 0.325. The molecule has 0 radical (unpaired) electrons. The van der Waals surface area contributed by atoms with E-state index >= 15 is 0 Å². The summed E-state index contributed by atoms with van der Waals surface area (Å²) in [6, 6.07) is 15.2. The molecule has 1 N–H and O–H groups in total. The molecule has 1 aromatic heterocycles. The Labute approximate surface area is 182 Å². The van der Waals surface area contributed by atoms with E-state index in [0.29, 0.717) is 5.89 Å². The van der Waals surface area contributed by atoms with Crippen molar-refractivity contribution in [3.63, 3.8) is 0 Å². The Morgan fingerprint density at radius 3 is 2.48 bits per heavy atom. The maximum atomic E-state index is 12.4. The molecular formula is C23H18ClN3O4. The highest BCUT2D eigenvalue weighted by Gasteiger charge is 2.15. The number of halogens is 1. The van der Waals surface area contributed by atoms with Crippen LogP contribution in [-0.4, -0.2) is 15.8 Å². The molecule has 1 amide bonds. The van der Waals surface area contributed by atoms with Crippen molar-refractivity contribution in [1.82, 2.24) is 10.3 Å². The Bertz CT molecular complexity index is 1270. The lowest BCUT2D eigenvalue weighted by molar-refractivity contribution is -0.384. The molecule has 0 aliphatic carbocycles. The van der Waals surface area contributed by atoms with E-state index in [0.717, 1.165) is 39.4 Å². The van der Waals surface area contributed by atoms with E-state index in [1.807, 2.05) is 50.2 Å². The predicted molar refractivity (Wildman–Crippen MR) is 118 cm³/mol. The molecule has 1 heterocycles. The summed E-state index contributed by atoms with van der Waals surface area (Å²) in [5.74, 6) is 0.127. The van der Waals surface area contributed by atoms with Crippen molar-refractivity contribution in [2.24, 2.45) is 0 Å². The Kier molecular flexibility index (Phi) is 5.44. The van der Waals surface area contributed by atoms with E-state index in [4.69, 9.17) is 16.0 Å². The summed E-state index contributed by atoms with van der Waals surface area (Å²) < 4.78 is 5.88. The third-order valence-corrected chi connectivity index (χ3v) is 5.38. The second kappa shape index (κ2) is 8.20. The fourth-order valence-electron chi connectivity index (χ4n) is 3.15. The number of oxazole rings is 1. The Hall–Kier alpha value is -3.71. The zero-order valence-electron chi connectivity index (χ0n) is 16.8. The molecule has 0 atom stereocenters. The number of benzene rings is 3. The van der Waals surface area contributed by atoms with Gasteiger partial charge in [-0.2, -0.15) is 0 Å². The van der Waals surface area contributed by atoms with Gasteiger partial charge in [0.1, 0.15) is 5.52 Å². The maximum absolute atomic E-state index is 12.4. The number of nitrogens with zero attached hydrogens (tertiary/aromatic N) is 2. The normalized spacial score (nSPS) is 10.9. The maximum Gasteiger partial charge on any atom is 0.270 e. The standard InChI is InChI=1S/C23H18ClN3O4/c1-13-9-20-21(10-14(13)2)31-23(26-20)16-5-3-15(4-6-16)12-25-22(28)18-8-7-17(27(29)30)11-19(18)24/h3-11H,12H2,1-2H3,(H,25,28). The van der Waals surface area contributed by atoms with Crippen LogP contribution in [0.15, 0.2) is 59.0 Å². The third-order valence-electron chi connectivity index (χ3n) is 5.07. The average Bonchev–Trinajstić information content (AvgIpc) is 3.15. The van der Waals surface area contributed by atoms with Crippen LogP contribution in [0.4, 0.5) is 5.69 Å². The SMILES string of the molecule is Cc1cc2nc(-c3ccc(CNC(=O)c4ccc([N+](=O)[O-])cc4Cl)cc3)oc2cc1C. The smallest absolute Gasteiger partial charge is 0.270 e. The van der Waals surface area contributed by atoms with Gasteiger partial charge >= 0.3 is 0 Å². The second-order valence-electron chi connectivity index (χ2n) is 7.22. The van der Waals surface area contributed by atoms with Crippen LogP contribution in [0.5, 0.6) is 0 Å². The number of nitrogens with one attached hydrogen (secondary N) is 1. The monoisotopic (exact) mass is 435 g/mol. The van der Waals surface area contributed by atoms with Gasteiger partial charge in [-0.1, -0.05) is 23.7 Å². The zero-order valence-corrected chi connectivity index (χ0v) is 17.6. The molecule has 156 valence electrons. The van der Waals surface area contributed by atoms with Crippen LogP contribution < -0.4 is 5.32 Å². The number of hydrogen-bond acceptors (Lipinski definition) is 5. The summed E-state index contributed by atoms with van der Waals surface area (Å²) in [7, 11) is 0. The number of carbonyl (C=O) groups is 1. The summed E-state index contributed by atoms with van der Waals surface area (Å²) >= 11 is 6.01. The molecule has 8 heteroatoms. The molecule has 3 aromatic carbocycles. The van der Waals surface area contributed by atoms with Crippen LogP contribution in [0.25, 0.3) is 22.6 Å². The average molecular weight is 436 g/mol. The molecule has 4 rings (SSSR count). The lowest BCUT2D eigenvalue weighted by Gasteiger charge is -2.07. The van der Waals surface area contributed by atoms with Crippen LogP contribution >= 0.6 is 11.6 Å². The van der Waals surface area contributed by atoms with Crippen LogP contribution in [0, 0.1) is 24.0 Å². The lowest BCUT2D eigenvalue weighted by atomic mass is 10.1. The lowest BCUT2D eigenvalue weighted by Crippen LogP contribution is -2.23. The van der Waals surface area contributed by atoms with Gasteiger partial charge in [-0.25, -0.2) is 4.98 Å². The van der Waals surface area contributed by atoms with E-state index in [1.165, 1.54) is 12.1 Å². The molecule has 0 saturated carbocycles. The van der Waals surface area contributed by atoms with Gasteiger partial charge in [-0.05, 0) is 60.9 Å². The van der Waals surface area contributed by atoms with Crippen LogP contribution in [0.3, 0.4) is 0 Å². The van der Waals surface area contributed by atoms with Crippen molar-refractivity contribution in [3.8, 4) is 11.5 Å². The number of rotatable bonds is 5. The predicted octanol–water partition coefficient (Wildman–Crippen LogP) is 5.60. The van der Waals surface area contributed by atoms with Gasteiger partial charge in [0.05, 0.1) is 15.5 Å².